The highest BCUT2D eigenvalue weighted by Gasteiger charge is 2.21. The molecule has 0 aliphatic heterocycles. The van der Waals surface area contributed by atoms with Gasteiger partial charge in [-0.2, -0.15) is 0 Å². The van der Waals surface area contributed by atoms with Crippen LogP contribution >= 0.6 is 50.5 Å². The van der Waals surface area contributed by atoms with Gasteiger partial charge in [0, 0.05) is 15.9 Å². The number of hydrogen-bond acceptors (Lipinski definition) is 4. The lowest BCUT2D eigenvalue weighted by Gasteiger charge is -2.10. The molecule has 9 heteroatoms. The lowest BCUT2D eigenvalue weighted by Crippen LogP contribution is -2.12. The van der Waals surface area contributed by atoms with Crippen molar-refractivity contribution < 1.29 is 8.42 Å². The summed E-state index contributed by atoms with van der Waals surface area (Å²) in [6, 6.07) is 4.71. The highest BCUT2D eigenvalue weighted by molar-refractivity contribution is 9.10. The number of anilines is 1. The molecule has 0 amide bonds. The molecular formula is C12H11BrCl2N2O2S2. The molecule has 2 rings (SSSR count). The molecule has 0 saturated carbocycles. The van der Waals surface area contributed by atoms with Crippen LogP contribution in [0.15, 0.2) is 26.9 Å². The van der Waals surface area contributed by atoms with E-state index in [0.29, 0.717) is 11.0 Å². The molecule has 1 aromatic heterocycles. The first-order valence-electron chi connectivity index (χ1n) is 5.71. The number of rotatable bonds is 4. The minimum Gasteiger partial charge on any atom is -0.326 e. The van der Waals surface area contributed by atoms with Gasteiger partial charge >= 0.3 is 0 Å². The van der Waals surface area contributed by atoms with Gasteiger partial charge in [0.05, 0.1) is 15.7 Å². The van der Waals surface area contributed by atoms with E-state index in [9.17, 15) is 8.42 Å². The van der Waals surface area contributed by atoms with Crippen LogP contribution in [0.5, 0.6) is 0 Å². The molecule has 1 heterocycles. The molecule has 0 atom stereocenters. The highest BCUT2D eigenvalue weighted by atomic mass is 79.9. The molecule has 0 aliphatic rings. The molecule has 0 saturated heterocycles. The molecule has 1 aromatic carbocycles. The van der Waals surface area contributed by atoms with Gasteiger partial charge < -0.3 is 5.73 Å². The highest BCUT2D eigenvalue weighted by Crippen LogP contribution is 2.36. The largest absolute Gasteiger partial charge is 0.326 e. The molecule has 114 valence electrons. The van der Waals surface area contributed by atoms with E-state index in [0.717, 1.165) is 21.8 Å². The van der Waals surface area contributed by atoms with Crippen molar-refractivity contribution in [2.75, 3.05) is 4.72 Å². The van der Waals surface area contributed by atoms with E-state index in [-0.39, 0.29) is 19.9 Å². The third-order valence-electron chi connectivity index (χ3n) is 2.69. The van der Waals surface area contributed by atoms with E-state index in [4.69, 9.17) is 28.9 Å². The summed E-state index contributed by atoms with van der Waals surface area (Å²) < 4.78 is 28.1. The Bertz CT molecular complexity index is 768. The lowest BCUT2D eigenvalue weighted by atomic mass is 10.3. The number of thiophene rings is 1. The molecule has 0 fully saturated rings. The van der Waals surface area contributed by atoms with Gasteiger partial charge in [0.25, 0.3) is 10.0 Å². The fourth-order valence-electron chi connectivity index (χ4n) is 1.65. The van der Waals surface area contributed by atoms with Crippen molar-refractivity contribution in [2.45, 2.75) is 17.7 Å². The molecule has 3 N–H and O–H groups in total. The zero-order valence-electron chi connectivity index (χ0n) is 10.8. The molecule has 21 heavy (non-hydrogen) atoms. The maximum atomic E-state index is 12.4. The normalized spacial score (nSPS) is 11.7. The summed E-state index contributed by atoms with van der Waals surface area (Å²) in [5, 5.41) is 0.426. The van der Waals surface area contributed by atoms with Crippen LogP contribution in [0.25, 0.3) is 0 Å². The van der Waals surface area contributed by atoms with Crippen molar-refractivity contribution in [1.82, 2.24) is 0 Å². The van der Waals surface area contributed by atoms with E-state index >= 15 is 0 Å². The number of hydrogen-bond donors (Lipinski definition) is 2. The quantitative estimate of drug-likeness (QED) is 0.756. The topological polar surface area (TPSA) is 72.2 Å². The Morgan fingerprint density at radius 2 is 1.86 bits per heavy atom. The van der Waals surface area contributed by atoms with E-state index in [1.165, 1.54) is 0 Å². The second kappa shape index (κ2) is 6.44. The van der Waals surface area contributed by atoms with E-state index < -0.39 is 10.0 Å². The number of benzene rings is 1. The number of aryl methyl sites for hydroxylation is 1. The molecule has 0 spiro atoms. The third-order valence-corrected chi connectivity index (χ3v) is 6.83. The van der Waals surface area contributed by atoms with Gasteiger partial charge in [0.2, 0.25) is 0 Å². The zero-order chi connectivity index (χ0) is 15.8. The van der Waals surface area contributed by atoms with Crippen LogP contribution < -0.4 is 10.5 Å². The summed E-state index contributed by atoms with van der Waals surface area (Å²) in [5.41, 5.74) is 6.57. The van der Waals surface area contributed by atoms with Gasteiger partial charge in [-0.3, -0.25) is 4.72 Å². The average Bonchev–Trinajstić information content (AvgIpc) is 2.76. The number of nitrogens with two attached hydrogens (primary N) is 1. The Morgan fingerprint density at radius 1 is 1.29 bits per heavy atom. The van der Waals surface area contributed by atoms with Crippen LogP contribution in [0, 0.1) is 6.92 Å². The first-order valence-corrected chi connectivity index (χ1v) is 9.56. The predicted molar refractivity (Wildman–Crippen MR) is 91.9 cm³/mol. The number of sulfonamides is 1. The maximum Gasteiger partial charge on any atom is 0.271 e. The number of nitrogens with one attached hydrogen (secondary N) is 1. The van der Waals surface area contributed by atoms with Gasteiger partial charge in [0.1, 0.15) is 4.21 Å². The van der Waals surface area contributed by atoms with Crippen LogP contribution in [-0.2, 0) is 16.6 Å². The molecule has 4 nitrogen and oxygen atoms in total. The van der Waals surface area contributed by atoms with Gasteiger partial charge in [-0.05, 0) is 30.7 Å². The minimum absolute atomic E-state index is 0.155. The van der Waals surface area contributed by atoms with E-state index in [1.54, 1.807) is 18.2 Å². The first-order chi connectivity index (χ1) is 9.74. The Hall–Kier alpha value is -0.310. The molecule has 0 bridgehead atoms. The van der Waals surface area contributed by atoms with Gasteiger partial charge in [0.15, 0.2) is 0 Å². The Morgan fingerprint density at radius 3 is 2.33 bits per heavy atom. The average molecular weight is 430 g/mol. The second-order valence-electron chi connectivity index (χ2n) is 4.23. The fraction of sp³-hybridized carbons (Fsp3) is 0.167. The van der Waals surface area contributed by atoms with Crippen molar-refractivity contribution >= 4 is 66.2 Å². The smallest absolute Gasteiger partial charge is 0.271 e. The van der Waals surface area contributed by atoms with Gasteiger partial charge in [-0.15, -0.1) is 11.3 Å². The monoisotopic (exact) mass is 428 g/mol. The van der Waals surface area contributed by atoms with Gasteiger partial charge in [-0.25, -0.2) is 8.42 Å². The summed E-state index contributed by atoms with van der Waals surface area (Å²) in [7, 11) is -3.75. The van der Waals surface area contributed by atoms with Crippen molar-refractivity contribution in [1.29, 1.82) is 0 Å². The van der Waals surface area contributed by atoms with Crippen LogP contribution in [0.2, 0.25) is 10.0 Å². The van der Waals surface area contributed by atoms with Crippen LogP contribution in [0.1, 0.15) is 10.4 Å². The van der Waals surface area contributed by atoms with Crippen molar-refractivity contribution in [3.63, 3.8) is 0 Å². The lowest BCUT2D eigenvalue weighted by molar-refractivity contribution is 0.603. The minimum atomic E-state index is -3.75. The summed E-state index contributed by atoms with van der Waals surface area (Å²) in [6.45, 7) is 2.11. The summed E-state index contributed by atoms with van der Waals surface area (Å²) in [6.07, 6.45) is 0. The van der Waals surface area contributed by atoms with Crippen LogP contribution in [0.3, 0.4) is 0 Å². The molecule has 0 radical (unpaired) electrons. The fourth-order valence-corrected chi connectivity index (χ4v) is 5.63. The van der Waals surface area contributed by atoms with Gasteiger partial charge in [-0.1, -0.05) is 39.1 Å². The van der Waals surface area contributed by atoms with Crippen LogP contribution in [0.4, 0.5) is 5.69 Å². The number of halogens is 3. The summed E-state index contributed by atoms with van der Waals surface area (Å²) in [5.74, 6) is 0. The van der Waals surface area contributed by atoms with Crippen molar-refractivity contribution in [3.8, 4) is 0 Å². The molecular weight excluding hydrogens is 419 g/mol. The maximum absolute atomic E-state index is 12.4. The van der Waals surface area contributed by atoms with Crippen LogP contribution in [-0.4, -0.2) is 8.42 Å². The molecule has 2 aromatic rings. The van der Waals surface area contributed by atoms with Crippen molar-refractivity contribution in [3.05, 3.63) is 43.2 Å². The Balaban J connectivity index is 2.42. The summed E-state index contributed by atoms with van der Waals surface area (Å²) >= 11 is 16.4. The Labute approximate surface area is 145 Å². The first kappa shape index (κ1) is 17.1. The Kier molecular flexibility index (Phi) is 5.23. The standard InChI is InChI=1S/C12H11BrCl2N2O2S2/c1-6-2-11(20-10(6)5-16)21(18,19)17-12-8(14)3-7(13)4-9(12)15/h2-4,17H,5,16H2,1H3. The summed E-state index contributed by atoms with van der Waals surface area (Å²) in [4.78, 5) is 0.823. The third kappa shape index (κ3) is 3.72. The van der Waals surface area contributed by atoms with E-state index in [2.05, 4.69) is 20.7 Å². The second-order valence-corrected chi connectivity index (χ2v) is 9.00. The zero-order valence-corrected chi connectivity index (χ0v) is 15.5. The van der Waals surface area contributed by atoms with Crippen molar-refractivity contribution in [2.24, 2.45) is 5.73 Å². The molecule has 0 aliphatic carbocycles. The molecule has 0 unspecified atom stereocenters. The predicted octanol–water partition coefficient (Wildman–Crippen LogP) is 4.39. The van der Waals surface area contributed by atoms with E-state index in [1.807, 2.05) is 6.92 Å². The SMILES string of the molecule is Cc1cc(S(=O)(=O)Nc2c(Cl)cc(Br)cc2Cl)sc1CN.